The monoisotopic (exact) mass is 145 g/mol. The zero-order valence-electron chi connectivity index (χ0n) is 6.81. The van der Waals surface area contributed by atoms with Crippen molar-refractivity contribution in [3.63, 3.8) is 0 Å². The maximum atomic E-state index is 12.5. The standard InChI is InChI=1S/C8H16FN/c1-7-3-5-8(6-4-7)10(2)9/h7-8H,3-6H2,1-2H3. The third-order valence-electron chi connectivity index (χ3n) is 2.49. The fourth-order valence-electron chi connectivity index (χ4n) is 1.60. The lowest BCUT2D eigenvalue weighted by molar-refractivity contribution is -0.0118. The Kier molecular flexibility index (Phi) is 2.66. The van der Waals surface area contributed by atoms with Gasteiger partial charge in [0.15, 0.2) is 0 Å². The predicted octanol–water partition coefficient (Wildman–Crippen LogP) is 2.38. The third kappa shape index (κ3) is 1.94. The number of nitrogens with zero attached hydrogens (tertiary/aromatic N) is 1. The van der Waals surface area contributed by atoms with Gasteiger partial charge in [0.05, 0.1) is 0 Å². The second kappa shape index (κ2) is 3.33. The highest BCUT2D eigenvalue weighted by molar-refractivity contribution is 4.72. The van der Waals surface area contributed by atoms with Gasteiger partial charge in [-0.3, -0.25) is 0 Å². The van der Waals surface area contributed by atoms with Gasteiger partial charge in [-0.05, 0) is 31.6 Å². The van der Waals surface area contributed by atoms with Crippen molar-refractivity contribution in [2.24, 2.45) is 5.92 Å². The lowest BCUT2D eigenvalue weighted by Gasteiger charge is -2.27. The molecule has 0 atom stereocenters. The topological polar surface area (TPSA) is 3.24 Å². The molecule has 0 amide bonds. The Morgan fingerprint density at radius 2 is 1.70 bits per heavy atom. The van der Waals surface area contributed by atoms with Crippen LogP contribution < -0.4 is 0 Å². The van der Waals surface area contributed by atoms with Crippen molar-refractivity contribution in [2.45, 2.75) is 38.6 Å². The molecule has 1 rings (SSSR count). The summed E-state index contributed by atoms with van der Waals surface area (Å²) in [4.78, 5) is 0. The Labute approximate surface area is 62.1 Å². The molecule has 0 radical (unpaired) electrons. The largest absolute Gasteiger partial charge is 0.146 e. The zero-order chi connectivity index (χ0) is 7.56. The Morgan fingerprint density at radius 1 is 1.20 bits per heavy atom. The van der Waals surface area contributed by atoms with Gasteiger partial charge in [-0.1, -0.05) is 6.92 Å². The van der Waals surface area contributed by atoms with Crippen LogP contribution in [-0.2, 0) is 0 Å². The average molecular weight is 145 g/mol. The van der Waals surface area contributed by atoms with Gasteiger partial charge < -0.3 is 0 Å². The van der Waals surface area contributed by atoms with E-state index in [0.717, 1.165) is 23.9 Å². The third-order valence-corrected chi connectivity index (χ3v) is 2.49. The van der Waals surface area contributed by atoms with Gasteiger partial charge in [0.25, 0.3) is 0 Å². The number of hydrogen-bond donors (Lipinski definition) is 0. The average Bonchev–Trinajstić information content (AvgIpc) is 1.88. The van der Waals surface area contributed by atoms with Crippen LogP contribution in [0.15, 0.2) is 0 Å². The van der Waals surface area contributed by atoms with Crippen LogP contribution in [0.25, 0.3) is 0 Å². The van der Waals surface area contributed by atoms with Gasteiger partial charge >= 0.3 is 0 Å². The van der Waals surface area contributed by atoms with Crippen LogP contribution in [0.1, 0.15) is 32.6 Å². The first kappa shape index (κ1) is 7.99. The minimum absolute atomic E-state index is 0.205. The van der Waals surface area contributed by atoms with Crippen molar-refractivity contribution < 1.29 is 4.48 Å². The summed E-state index contributed by atoms with van der Waals surface area (Å²) in [6.07, 6.45) is 4.46. The molecule has 0 aromatic carbocycles. The zero-order valence-corrected chi connectivity index (χ0v) is 6.81. The molecule has 0 spiro atoms. The van der Waals surface area contributed by atoms with E-state index in [4.69, 9.17) is 0 Å². The van der Waals surface area contributed by atoms with Crippen LogP contribution in [-0.4, -0.2) is 18.2 Å². The van der Waals surface area contributed by atoms with Crippen LogP contribution in [0.2, 0.25) is 0 Å². The summed E-state index contributed by atoms with van der Waals surface area (Å²) in [5, 5.41) is 0.867. The van der Waals surface area contributed by atoms with Gasteiger partial charge in [-0.25, -0.2) is 0 Å². The van der Waals surface area contributed by atoms with Crippen molar-refractivity contribution in [1.29, 1.82) is 0 Å². The van der Waals surface area contributed by atoms with Crippen LogP contribution in [0, 0.1) is 5.92 Å². The molecule has 0 unspecified atom stereocenters. The van der Waals surface area contributed by atoms with Gasteiger partial charge in [-0.2, -0.15) is 0 Å². The molecule has 0 bridgehead atoms. The number of halogens is 1. The number of hydrogen-bond acceptors (Lipinski definition) is 1. The molecule has 1 aliphatic carbocycles. The molecular formula is C8H16FN. The summed E-state index contributed by atoms with van der Waals surface area (Å²) in [6.45, 7) is 2.24. The first-order valence-corrected chi connectivity index (χ1v) is 4.08. The van der Waals surface area contributed by atoms with Gasteiger partial charge in [0.2, 0.25) is 0 Å². The van der Waals surface area contributed by atoms with Crippen LogP contribution >= 0.6 is 0 Å². The van der Waals surface area contributed by atoms with Crippen LogP contribution in [0.3, 0.4) is 0 Å². The van der Waals surface area contributed by atoms with E-state index >= 15 is 0 Å². The second-order valence-corrected chi connectivity index (χ2v) is 3.44. The molecule has 0 aromatic heterocycles. The summed E-state index contributed by atoms with van der Waals surface area (Å²) >= 11 is 0. The molecule has 0 heterocycles. The molecule has 2 heteroatoms. The molecule has 0 aromatic rings. The van der Waals surface area contributed by atoms with E-state index in [9.17, 15) is 4.48 Å². The van der Waals surface area contributed by atoms with Crippen molar-refractivity contribution in [3.8, 4) is 0 Å². The molecule has 10 heavy (non-hydrogen) atoms. The molecule has 0 N–H and O–H groups in total. The number of rotatable bonds is 1. The fraction of sp³-hybridized carbons (Fsp3) is 1.00. The maximum absolute atomic E-state index is 12.5. The van der Waals surface area contributed by atoms with E-state index in [0.29, 0.717) is 0 Å². The van der Waals surface area contributed by atoms with E-state index in [1.807, 2.05) is 0 Å². The Bertz CT molecular complexity index is 95.4. The van der Waals surface area contributed by atoms with Crippen molar-refractivity contribution >= 4 is 0 Å². The summed E-state index contributed by atoms with van der Waals surface area (Å²) in [5.41, 5.74) is 0. The Morgan fingerprint density at radius 3 is 2.10 bits per heavy atom. The first-order chi connectivity index (χ1) is 4.70. The van der Waals surface area contributed by atoms with Gasteiger partial charge in [0, 0.05) is 13.1 Å². The van der Waals surface area contributed by atoms with Gasteiger partial charge in [0.1, 0.15) is 0 Å². The summed E-state index contributed by atoms with van der Waals surface area (Å²) < 4.78 is 12.5. The fourth-order valence-corrected chi connectivity index (χ4v) is 1.60. The van der Waals surface area contributed by atoms with E-state index in [-0.39, 0.29) is 6.04 Å². The van der Waals surface area contributed by atoms with Crippen LogP contribution in [0.4, 0.5) is 4.48 Å². The molecule has 1 nitrogen and oxygen atoms in total. The predicted molar refractivity (Wildman–Crippen MR) is 40.3 cm³/mol. The normalized spacial score (nSPS) is 34.8. The van der Waals surface area contributed by atoms with E-state index < -0.39 is 0 Å². The molecule has 0 saturated heterocycles. The highest BCUT2D eigenvalue weighted by Gasteiger charge is 2.21. The highest BCUT2D eigenvalue weighted by atomic mass is 19.2. The van der Waals surface area contributed by atoms with E-state index in [1.165, 1.54) is 19.9 Å². The second-order valence-electron chi connectivity index (χ2n) is 3.44. The minimum atomic E-state index is 0.205. The van der Waals surface area contributed by atoms with Crippen molar-refractivity contribution in [1.82, 2.24) is 5.12 Å². The quantitative estimate of drug-likeness (QED) is 0.512. The molecule has 1 fully saturated rings. The highest BCUT2D eigenvalue weighted by Crippen LogP contribution is 2.26. The molecule has 1 aliphatic rings. The molecule has 0 aliphatic heterocycles. The summed E-state index contributed by atoms with van der Waals surface area (Å²) in [6, 6.07) is 0.205. The summed E-state index contributed by atoms with van der Waals surface area (Å²) in [7, 11) is 1.53. The lowest BCUT2D eigenvalue weighted by atomic mass is 9.87. The molecule has 60 valence electrons. The molecule has 1 saturated carbocycles. The van der Waals surface area contributed by atoms with E-state index in [1.54, 1.807) is 0 Å². The van der Waals surface area contributed by atoms with Crippen molar-refractivity contribution in [2.75, 3.05) is 7.05 Å². The van der Waals surface area contributed by atoms with E-state index in [2.05, 4.69) is 6.92 Å². The molecular weight excluding hydrogens is 129 g/mol. The summed E-state index contributed by atoms with van der Waals surface area (Å²) in [5.74, 6) is 0.816. The maximum Gasteiger partial charge on any atom is 0.0399 e. The Balaban J connectivity index is 2.26. The Hall–Kier alpha value is -0.110. The smallest absolute Gasteiger partial charge is 0.0399 e. The SMILES string of the molecule is CC1CCC(N(C)F)CC1. The van der Waals surface area contributed by atoms with Crippen molar-refractivity contribution in [3.05, 3.63) is 0 Å². The van der Waals surface area contributed by atoms with Crippen LogP contribution in [0.5, 0.6) is 0 Å². The first-order valence-electron chi connectivity index (χ1n) is 4.08. The lowest BCUT2D eigenvalue weighted by Crippen LogP contribution is -2.28. The van der Waals surface area contributed by atoms with Gasteiger partial charge in [-0.15, -0.1) is 9.60 Å². The minimum Gasteiger partial charge on any atom is -0.146 e.